The number of rotatable bonds is 5. The van der Waals surface area contributed by atoms with Gasteiger partial charge < -0.3 is 9.88 Å². The van der Waals surface area contributed by atoms with Gasteiger partial charge in [-0.15, -0.1) is 10.2 Å². The van der Waals surface area contributed by atoms with Gasteiger partial charge in [-0.25, -0.2) is 4.98 Å². The quantitative estimate of drug-likeness (QED) is 0.740. The SMILES string of the molecule is CCNCc1cn(Cc2nnn(C)n2)c2ncccc12. The van der Waals surface area contributed by atoms with E-state index in [1.54, 1.807) is 13.2 Å². The molecule has 7 heteroatoms. The molecule has 0 fully saturated rings. The Bertz CT molecular complexity index is 712. The molecule has 0 amide bonds. The van der Waals surface area contributed by atoms with E-state index in [9.17, 15) is 0 Å². The summed E-state index contributed by atoms with van der Waals surface area (Å²) in [5.41, 5.74) is 2.19. The average Bonchev–Trinajstić information content (AvgIpc) is 3.02. The molecule has 0 unspecified atom stereocenters. The Morgan fingerprint density at radius 2 is 2.25 bits per heavy atom. The normalized spacial score (nSPS) is 11.3. The van der Waals surface area contributed by atoms with E-state index in [-0.39, 0.29) is 0 Å². The molecule has 104 valence electrons. The molecule has 3 rings (SSSR count). The van der Waals surface area contributed by atoms with Crippen LogP contribution in [0.1, 0.15) is 18.3 Å². The number of hydrogen-bond donors (Lipinski definition) is 1. The Morgan fingerprint density at radius 3 is 3.00 bits per heavy atom. The van der Waals surface area contributed by atoms with Crippen molar-refractivity contribution in [3.8, 4) is 0 Å². The van der Waals surface area contributed by atoms with E-state index in [4.69, 9.17) is 0 Å². The fourth-order valence-corrected chi connectivity index (χ4v) is 2.26. The topological polar surface area (TPSA) is 73.5 Å². The number of tetrazole rings is 1. The van der Waals surface area contributed by atoms with E-state index in [1.165, 1.54) is 10.4 Å². The molecule has 0 aliphatic carbocycles. The molecular weight excluding hydrogens is 254 g/mol. The summed E-state index contributed by atoms with van der Waals surface area (Å²) in [5.74, 6) is 0.685. The van der Waals surface area contributed by atoms with Crippen molar-refractivity contribution >= 4 is 11.0 Å². The highest BCUT2D eigenvalue weighted by Gasteiger charge is 2.11. The van der Waals surface area contributed by atoms with Crippen molar-refractivity contribution in [1.82, 2.24) is 35.1 Å². The summed E-state index contributed by atoms with van der Waals surface area (Å²) in [6.07, 6.45) is 3.91. The molecule has 3 heterocycles. The number of aromatic nitrogens is 6. The smallest absolute Gasteiger partial charge is 0.194 e. The first-order valence-corrected chi connectivity index (χ1v) is 6.64. The standard InChI is InChI=1S/C13H17N7/c1-3-14-7-10-8-20(9-12-16-18-19(2)17-12)13-11(10)5-4-6-15-13/h4-6,8,14H,3,7,9H2,1-2H3. The highest BCUT2D eigenvalue weighted by atomic mass is 15.6. The largest absolute Gasteiger partial charge is 0.324 e. The Balaban J connectivity index is 1.97. The Morgan fingerprint density at radius 1 is 1.35 bits per heavy atom. The van der Waals surface area contributed by atoms with Crippen molar-refractivity contribution in [1.29, 1.82) is 0 Å². The maximum Gasteiger partial charge on any atom is 0.194 e. The number of hydrogen-bond acceptors (Lipinski definition) is 5. The van der Waals surface area contributed by atoms with Crippen molar-refractivity contribution < 1.29 is 0 Å². The lowest BCUT2D eigenvalue weighted by atomic mass is 10.2. The van der Waals surface area contributed by atoms with Crippen molar-refractivity contribution in [2.45, 2.75) is 20.0 Å². The van der Waals surface area contributed by atoms with E-state index >= 15 is 0 Å². The molecule has 0 bridgehead atoms. The fraction of sp³-hybridized carbons (Fsp3) is 0.385. The lowest BCUT2D eigenvalue weighted by Gasteiger charge is -1.99. The zero-order valence-corrected chi connectivity index (χ0v) is 11.6. The zero-order chi connectivity index (χ0) is 13.9. The van der Waals surface area contributed by atoms with Crippen molar-refractivity contribution in [3.63, 3.8) is 0 Å². The minimum Gasteiger partial charge on any atom is -0.324 e. The van der Waals surface area contributed by atoms with Crippen LogP contribution in [-0.2, 0) is 20.1 Å². The maximum absolute atomic E-state index is 4.47. The molecule has 0 spiro atoms. The number of fused-ring (bicyclic) bond motifs is 1. The van der Waals surface area contributed by atoms with E-state index in [2.05, 4.69) is 49.5 Å². The van der Waals surface area contributed by atoms with Crippen molar-refractivity contribution in [2.75, 3.05) is 6.54 Å². The molecule has 1 N–H and O–H groups in total. The van der Waals surface area contributed by atoms with Gasteiger partial charge in [0.05, 0.1) is 13.6 Å². The molecule has 20 heavy (non-hydrogen) atoms. The lowest BCUT2D eigenvalue weighted by Crippen LogP contribution is -2.11. The third-order valence-electron chi connectivity index (χ3n) is 3.14. The monoisotopic (exact) mass is 271 g/mol. The second-order valence-corrected chi connectivity index (χ2v) is 4.63. The molecule has 0 atom stereocenters. The fourth-order valence-electron chi connectivity index (χ4n) is 2.26. The molecule has 0 saturated carbocycles. The maximum atomic E-state index is 4.47. The molecular formula is C13H17N7. The van der Waals surface area contributed by atoms with Gasteiger partial charge in [0.25, 0.3) is 0 Å². The van der Waals surface area contributed by atoms with Crippen molar-refractivity contribution in [2.24, 2.45) is 7.05 Å². The first-order valence-electron chi connectivity index (χ1n) is 6.64. The van der Waals surface area contributed by atoms with Crippen LogP contribution in [0.5, 0.6) is 0 Å². The zero-order valence-electron chi connectivity index (χ0n) is 11.6. The molecule has 0 saturated heterocycles. The van der Waals surface area contributed by atoms with Gasteiger partial charge in [-0.05, 0) is 29.5 Å². The van der Waals surface area contributed by atoms with Gasteiger partial charge >= 0.3 is 0 Å². The summed E-state index contributed by atoms with van der Waals surface area (Å²) in [7, 11) is 1.76. The van der Waals surface area contributed by atoms with Gasteiger partial charge in [0, 0.05) is 24.3 Å². The molecule has 3 aromatic rings. The van der Waals surface area contributed by atoms with Crippen LogP contribution in [0.2, 0.25) is 0 Å². The summed E-state index contributed by atoms with van der Waals surface area (Å²) in [6, 6.07) is 4.05. The van der Waals surface area contributed by atoms with Crippen LogP contribution >= 0.6 is 0 Å². The Kier molecular flexibility index (Phi) is 3.42. The predicted molar refractivity (Wildman–Crippen MR) is 75.0 cm³/mol. The molecule has 3 aromatic heterocycles. The molecule has 0 aromatic carbocycles. The third-order valence-corrected chi connectivity index (χ3v) is 3.14. The molecule has 0 aliphatic rings. The molecule has 0 radical (unpaired) electrons. The van der Waals surface area contributed by atoms with Crippen LogP contribution in [0.4, 0.5) is 0 Å². The van der Waals surface area contributed by atoms with Crippen LogP contribution in [0.3, 0.4) is 0 Å². The van der Waals surface area contributed by atoms with E-state index in [1.807, 2.05) is 6.07 Å². The van der Waals surface area contributed by atoms with Gasteiger partial charge in [-0.2, -0.15) is 4.80 Å². The second kappa shape index (κ2) is 5.38. The highest BCUT2D eigenvalue weighted by molar-refractivity contribution is 5.80. The van der Waals surface area contributed by atoms with Gasteiger partial charge in [-0.1, -0.05) is 6.92 Å². The summed E-state index contributed by atoms with van der Waals surface area (Å²) in [5, 5.41) is 16.6. The van der Waals surface area contributed by atoms with Crippen molar-refractivity contribution in [3.05, 3.63) is 35.9 Å². The number of aryl methyl sites for hydroxylation is 1. The predicted octanol–water partition coefficient (Wildman–Crippen LogP) is 0.718. The van der Waals surface area contributed by atoms with E-state index in [0.29, 0.717) is 12.4 Å². The van der Waals surface area contributed by atoms with Gasteiger partial charge in [0.2, 0.25) is 0 Å². The first-order chi connectivity index (χ1) is 9.78. The van der Waals surface area contributed by atoms with Crippen LogP contribution < -0.4 is 5.32 Å². The summed E-state index contributed by atoms with van der Waals surface area (Å²) < 4.78 is 2.07. The van der Waals surface area contributed by atoms with Crippen LogP contribution in [-0.4, -0.2) is 36.3 Å². The van der Waals surface area contributed by atoms with Crippen LogP contribution in [0.25, 0.3) is 11.0 Å². The minimum absolute atomic E-state index is 0.577. The summed E-state index contributed by atoms with van der Waals surface area (Å²) in [6.45, 7) is 4.45. The number of nitrogens with zero attached hydrogens (tertiary/aromatic N) is 6. The molecule has 0 aliphatic heterocycles. The lowest BCUT2D eigenvalue weighted by molar-refractivity contribution is 0.625. The third kappa shape index (κ3) is 2.39. The number of pyridine rings is 1. The van der Waals surface area contributed by atoms with E-state index in [0.717, 1.165) is 24.1 Å². The minimum atomic E-state index is 0.577. The number of nitrogens with one attached hydrogen (secondary N) is 1. The Labute approximate surface area is 116 Å². The highest BCUT2D eigenvalue weighted by Crippen LogP contribution is 2.19. The van der Waals surface area contributed by atoms with Gasteiger partial charge in [0.1, 0.15) is 5.65 Å². The summed E-state index contributed by atoms with van der Waals surface area (Å²) >= 11 is 0. The van der Waals surface area contributed by atoms with Gasteiger partial charge in [-0.3, -0.25) is 0 Å². The summed E-state index contributed by atoms with van der Waals surface area (Å²) in [4.78, 5) is 5.93. The Hall–Kier alpha value is -2.28. The van der Waals surface area contributed by atoms with E-state index < -0.39 is 0 Å². The molecule has 7 nitrogen and oxygen atoms in total. The second-order valence-electron chi connectivity index (χ2n) is 4.63. The van der Waals surface area contributed by atoms with Crippen LogP contribution in [0, 0.1) is 0 Å². The van der Waals surface area contributed by atoms with Gasteiger partial charge in [0.15, 0.2) is 5.82 Å². The van der Waals surface area contributed by atoms with Crippen LogP contribution in [0.15, 0.2) is 24.5 Å². The average molecular weight is 271 g/mol. The first kappa shape index (κ1) is 12.7.